The third-order valence-corrected chi connectivity index (χ3v) is 5.64. The quantitative estimate of drug-likeness (QED) is 0.505. The second-order valence-electron chi connectivity index (χ2n) is 9.16. The van der Waals surface area contributed by atoms with Gasteiger partial charge in [-0.25, -0.2) is 0 Å². The highest BCUT2D eigenvalue weighted by Crippen LogP contribution is 2.38. The molecular formula is C23H35NO3. The smallest absolute Gasteiger partial charge is 0.308 e. The van der Waals surface area contributed by atoms with Crippen LogP contribution in [0.1, 0.15) is 57.6 Å². The van der Waals surface area contributed by atoms with Crippen LogP contribution >= 0.6 is 0 Å². The summed E-state index contributed by atoms with van der Waals surface area (Å²) in [5, 5.41) is 0. The van der Waals surface area contributed by atoms with Crippen LogP contribution in [0.25, 0.3) is 0 Å². The van der Waals surface area contributed by atoms with Gasteiger partial charge in [0.1, 0.15) is 5.60 Å². The number of esters is 1. The average Bonchev–Trinajstić information content (AvgIpc) is 3.16. The van der Waals surface area contributed by atoms with E-state index in [9.17, 15) is 4.79 Å². The third kappa shape index (κ3) is 6.62. The van der Waals surface area contributed by atoms with E-state index in [1.54, 1.807) is 0 Å². The van der Waals surface area contributed by atoms with Crippen molar-refractivity contribution in [3.8, 4) is 0 Å². The van der Waals surface area contributed by atoms with Gasteiger partial charge in [0.05, 0.1) is 19.6 Å². The van der Waals surface area contributed by atoms with E-state index in [0.29, 0.717) is 19.6 Å². The summed E-state index contributed by atoms with van der Waals surface area (Å²) in [5.41, 5.74) is 2.27. The SMILES string of the molecule is CC(C)(C)OC(=O)CCOCCc1ccc(CN2CC3CCC[C@H]3C2)cc1. The van der Waals surface area contributed by atoms with Crippen molar-refractivity contribution < 1.29 is 14.3 Å². The minimum Gasteiger partial charge on any atom is -0.460 e. The number of rotatable bonds is 8. The lowest BCUT2D eigenvalue weighted by Gasteiger charge is -2.19. The summed E-state index contributed by atoms with van der Waals surface area (Å²) in [6.45, 7) is 10.4. The predicted octanol–water partition coefficient (Wildman–Crippen LogP) is 4.21. The maximum Gasteiger partial charge on any atom is 0.308 e. The molecule has 1 unspecified atom stereocenters. The summed E-state index contributed by atoms with van der Waals surface area (Å²) in [5.74, 6) is 1.72. The van der Waals surface area contributed by atoms with E-state index in [2.05, 4.69) is 29.2 Å². The van der Waals surface area contributed by atoms with Crippen molar-refractivity contribution in [2.75, 3.05) is 26.3 Å². The zero-order valence-electron chi connectivity index (χ0n) is 17.2. The lowest BCUT2D eigenvalue weighted by atomic mass is 10.0. The van der Waals surface area contributed by atoms with E-state index >= 15 is 0 Å². The van der Waals surface area contributed by atoms with Crippen molar-refractivity contribution in [2.24, 2.45) is 11.8 Å². The maximum absolute atomic E-state index is 11.6. The molecule has 1 aromatic carbocycles. The van der Waals surface area contributed by atoms with E-state index in [1.807, 2.05) is 20.8 Å². The van der Waals surface area contributed by atoms with E-state index in [4.69, 9.17) is 9.47 Å². The van der Waals surface area contributed by atoms with E-state index in [1.165, 1.54) is 43.5 Å². The van der Waals surface area contributed by atoms with Crippen LogP contribution in [0.2, 0.25) is 0 Å². The van der Waals surface area contributed by atoms with Crippen molar-refractivity contribution in [2.45, 2.75) is 65.0 Å². The van der Waals surface area contributed by atoms with Gasteiger partial charge in [0.2, 0.25) is 0 Å². The molecule has 0 amide bonds. The van der Waals surface area contributed by atoms with Crippen LogP contribution in [0.4, 0.5) is 0 Å². The first-order valence-electron chi connectivity index (χ1n) is 10.5. The van der Waals surface area contributed by atoms with Gasteiger partial charge in [-0.05, 0) is 63.0 Å². The van der Waals surface area contributed by atoms with Gasteiger partial charge in [-0.3, -0.25) is 9.69 Å². The van der Waals surface area contributed by atoms with Crippen LogP contribution in [-0.4, -0.2) is 42.8 Å². The van der Waals surface area contributed by atoms with Crippen molar-refractivity contribution >= 4 is 5.97 Å². The molecular weight excluding hydrogens is 338 g/mol. The Kier molecular flexibility index (Phi) is 6.93. The van der Waals surface area contributed by atoms with E-state index < -0.39 is 5.60 Å². The highest BCUT2D eigenvalue weighted by Gasteiger charge is 2.35. The summed E-state index contributed by atoms with van der Waals surface area (Å²) in [6.07, 6.45) is 5.51. The first-order chi connectivity index (χ1) is 12.9. The van der Waals surface area contributed by atoms with Gasteiger partial charge in [0.15, 0.2) is 0 Å². The van der Waals surface area contributed by atoms with E-state index in [-0.39, 0.29) is 5.97 Å². The molecule has 2 atom stereocenters. The lowest BCUT2D eigenvalue weighted by Crippen LogP contribution is -2.24. The fraction of sp³-hybridized carbons (Fsp3) is 0.696. The minimum absolute atomic E-state index is 0.196. The normalized spacial score (nSPS) is 22.8. The predicted molar refractivity (Wildman–Crippen MR) is 108 cm³/mol. The Hall–Kier alpha value is -1.39. The molecule has 4 nitrogen and oxygen atoms in total. The summed E-state index contributed by atoms with van der Waals surface area (Å²) < 4.78 is 10.9. The van der Waals surface area contributed by atoms with Gasteiger partial charge in [0, 0.05) is 19.6 Å². The first-order valence-corrected chi connectivity index (χ1v) is 10.5. The minimum atomic E-state index is -0.424. The topological polar surface area (TPSA) is 38.8 Å². The highest BCUT2D eigenvalue weighted by molar-refractivity contribution is 5.69. The molecule has 150 valence electrons. The highest BCUT2D eigenvalue weighted by atomic mass is 16.6. The Bertz CT molecular complexity index is 593. The molecule has 1 aliphatic carbocycles. The third-order valence-electron chi connectivity index (χ3n) is 5.64. The molecule has 1 heterocycles. The van der Waals surface area contributed by atoms with Crippen molar-refractivity contribution in [1.29, 1.82) is 0 Å². The zero-order chi connectivity index (χ0) is 19.3. The Balaban J connectivity index is 1.31. The monoisotopic (exact) mass is 373 g/mol. The standard InChI is InChI=1S/C23H35NO3/c1-23(2,3)27-22(25)12-14-26-13-11-18-7-9-19(10-8-18)15-24-16-20-5-4-6-21(20)17-24/h7-10,20-21H,4-6,11-17H2,1-3H3/t20-,21?/m0/s1. The Morgan fingerprint density at radius 3 is 2.30 bits per heavy atom. The van der Waals surface area contributed by atoms with Crippen LogP contribution in [0.15, 0.2) is 24.3 Å². The summed E-state index contributed by atoms with van der Waals surface area (Å²) in [6, 6.07) is 8.93. The number of fused-ring (bicyclic) bond motifs is 1. The summed E-state index contributed by atoms with van der Waals surface area (Å²) >= 11 is 0. The number of ether oxygens (including phenoxy) is 2. The lowest BCUT2D eigenvalue weighted by molar-refractivity contribution is -0.156. The molecule has 0 bridgehead atoms. The molecule has 0 aromatic heterocycles. The molecule has 0 N–H and O–H groups in total. The number of nitrogens with zero attached hydrogens (tertiary/aromatic N) is 1. The number of carbonyl (C=O) groups is 1. The Labute approximate surface area is 164 Å². The fourth-order valence-corrected chi connectivity index (χ4v) is 4.37. The van der Waals surface area contributed by atoms with Gasteiger partial charge in [-0.1, -0.05) is 30.7 Å². The number of hydrogen-bond acceptors (Lipinski definition) is 4. The maximum atomic E-state index is 11.6. The van der Waals surface area contributed by atoms with Crippen LogP contribution in [-0.2, 0) is 27.2 Å². The van der Waals surface area contributed by atoms with Gasteiger partial charge in [-0.2, -0.15) is 0 Å². The number of carbonyl (C=O) groups excluding carboxylic acids is 1. The molecule has 2 fully saturated rings. The molecule has 1 saturated heterocycles. The zero-order valence-corrected chi connectivity index (χ0v) is 17.2. The second kappa shape index (κ2) is 9.20. The molecule has 3 rings (SSSR count). The summed E-state index contributed by atoms with van der Waals surface area (Å²) in [7, 11) is 0. The van der Waals surface area contributed by atoms with Gasteiger partial charge in [-0.15, -0.1) is 0 Å². The van der Waals surface area contributed by atoms with Gasteiger partial charge < -0.3 is 9.47 Å². The number of benzene rings is 1. The molecule has 27 heavy (non-hydrogen) atoms. The van der Waals surface area contributed by atoms with Crippen LogP contribution in [0.5, 0.6) is 0 Å². The molecule has 0 radical (unpaired) electrons. The molecule has 4 heteroatoms. The molecule has 1 aromatic rings. The van der Waals surface area contributed by atoms with Crippen molar-refractivity contribution in [3.05, 3.63) is 35.4 Å². The molecule has 1 aliphatic heterocycles. The Morgan fingerprint density at radius 2 is 1.67 bits per heavy atom. The van der Waals surface area contributed by atoms with Crippen LogP contribution in [0.3, 0.4) is 0 Å². The Morgan fingerprint density at radius 1 is 1.04 bits per heavy atom. The molecule has 1 saturated carbocycles. The number of likely N-dealkylation sites (tertiary alicyclic amines) is 1. The van der Waals surface area contributed by atoms with E-state index in [0.717, 1.165) is 24.8 Å². The van der Waals surface area contributed by atoms with Crippen molar-refractivity contribution in [1.82, 2.24) is 4.90 Å². The first kappa shape index (κ1) is 20.3. The van der Waals surface area contributed by atoms with Gasteiger partial charge in [0.25, 0.3) is 0 Å². The molecule has 2 aliphatic rings. The van der Waals surface area contributed by atoms with Crippen LogP contribution < -0.4 is 0 Å². The van der Waals surface area contributed by atoms with Gasteiger partial charge >= 0.3 is 5.97 Å². The fourth-order valence-electron chi connectivity index (χ4n) is 4.37. The van der Waals surface area contributed by atoms with Crippen molar-refractivity contribution in [3.63, 3.8) is 0 Å². The second-order valence-corrected chi connectivity index (χ2v) is 9.16. The average molecular weight is 374 g/mol. The number of hydrogen-bond donors (Lipinski definition) is 0. The van der Waals surface area contributed by atoms with Crippen LogP contribution in [0, 0.1) is 11.8 Å². The summed E-state index contributed by atoms with van der Waals surface area (Å²) in [4.78, 5) is 14.3. The molecule has 0 spiro atoms. The largest absolute Gasteiger partial charge is 0.460 e.